The summed E-state index contributed by atoms with van der Waals surface area (Å²) in [5, 5.41) is 12.5. The van der Waals surface area contributed by atoms with Gasteiger partial charge in [0.05, 0.1) is 16.5 Å². The lowest BCUT2D eigenvalue weighted by Gasteiger charge is -2.27. The average Bonchev–Trinajstić information content (AvgIpc) is 3.36. The molecule has 0 saturated heterocycles. The summed E-state index contributed by atoms with van der Waals surface area (Å²) in [5.74, 6) is -1.06. The summed E-state index contributed by atoms with van der Waals surface area (Å²) in [6.45, 7) is 4.20. The second-order valence-corrected chi connectivity index (χ2v) is 8.12. The Kier molecular flexibility index (Phi) is 5.03. The number of benzene rings is 1. The van der Waals surface area contributed by atoms with Gasteiger partial charge in [0.25, 0.3) is 5.91 Å². The molecule has 0 bridgehead atoms. The second-order valence-electron chi connectivity index (χ2n) is 7.17. The van der Waals surface area contributed by atoms with Crippen LogP contribution in [0.4, 0.5) is 5.69 Å². The van der Waals surface area contributed by atoms with Gasteiger partial charge in [-0.1, -0.05) is 32.0 Å². The van der Waals surface area contributed by atoms with E-state index in [0.29, 0.717) is 22.0 Å². The summed E-state index contributed by atoms with van der Waals surface area (Å²) in [6.07, 6.45) is 3.23. The molecule has 0 fully saturated rings. The topological polar surface area (TPSA) is 70.5 Å². The molecule has 5 nitrogen and oxygen atoms in total. The van der Waals surface area contributed by atoms with E-state index in [9.17, 15) is 14.7 Å². The van der Waals surface area contributed by atoms with E-state index in [2.05, 4.69) is 18.8 Å². The minimum atomic E-state index is -0.718. The molecule has 1 aliphatic rings. The normalized spacial score (nSPS) is 16.7. The van der Waals surface area contributed by atoms with Crippen LogP contribution in [0.15, 0.2) is 77.6 Å². The molecule has 146 valence electrons. The number of rotatable bonds is 5. The molecule has 6 heteroatoms. The van der Waals surface area contributed by atoms with Crippen LogP contribution < -0.4 is 4.90 Å². The number of aliphatic hydroxyl groups is 1. The van der Waals surface area contributed by atoms with Crippen molar-refractivity contribution in [1.82, 2.24) is 4.98 Å². The van der Waals surface area contributed by atoms with Crippen molar-refractivity contribution in [3.63, 3.8) is 0 Å². The van der Waals surface area contributed by atoms with Gasteiger partial charge >= 0.3 is 0 Å². The number of carbonyl (C=O) groups is 2. The van der Waals surface area contributed by atoms with Crippen LogP contribution in [0.1, 0.15) is 46.6 Å². The minimum absolute atomic E-state index is 0.0941. The fourth-order valence-corrected chi connectivity index (χ4v) is 4.20. The molecule has 3 aromatic rings. The van der Waals surface area contributed by atoms with Gasteiger partial charge in [0, 0.05) is 18.1 Å². The first kappa shape index (κ1) is 19.1. The van der Waals surface area contributed by atoms with Gasteiger partial charge in [-0.25, -0.2) is 0 Å². The molecule has 1 aliphatic heterocycles. The van der Waals surface area contributed by atoms with Gasteiger partial charge in [0.1, 0.15) is 0 Å². The third kappa shape index (κ3) is 3.36. The second kappa shape index (κ2) is 7.64. The molecule has 2 aromatic heterocycles. The Balaban J connectivity index is 1.83. The molecule has 29 heavy (non-hydrogen) atoms. The molecule has 0 aliphatic carbocycles. The highest BCUT2D eigenvalue weighted by Crippen LogP contribution is 2.42. The van der Waals surface area contributed by atoms with Gasteiger partial charge in [-0.05, 0) is 52.8 Å². The van der Waals surface area contributed by atoms with Crippen LogP contribution >= 0.6 is 11.3 Å². The van der Waals surface area contributed by atoms with E-state index in [1.165, 1.54) is 16.2 Å². The molecule has 1 atom stereocenters. The Bertz CT molecular complexity index is 1070. The lowest BCUT2D eigenvalue weighted by molar-refractivity contribution is -0.117. The first-order valence-electron chi connectivity index (χ1n) is 9.33. The number of hydrogen-bond acceptors (Lipinski definition) is 5. The van der Waals surface area contributed by atoms with Crippen molar-refractivity contribution < 1.29 is 14.7 Å². The number of anilines is 1. The van der Waals surface area contributed by atoms with Crippen molar-refractivity contribution in [1.29, 1.82) is 0 Å². The Labute approximate surface area is 173 Å². The maximum absolute atomic E-state index is 13.2. The van der Waals surface area contributed by atoms with Crippen molar-refractivity contribution in [2.75, 3.05) is 4.90 Å². The lowest BCUT2D eigenvalue weighted by Crippen LogP contribution is -2.31. The van der Waals surface area contributed by atoms with Crippen LogP contribution in [0.25, 0.3) is 0 Å². The molecular formula is C23H20N2O3S. The van der Waals surface area contributed by atoms with Crippen molar-refractivity contribution in [2.24, 2.45) is 0 Å². The number of ketones is 1. The standard InChI is InChI=1S/C23H20N2O3S/c1-14(2)15-5-7-17(8-6-15)25-20(16-9-11-24-12-10-16)19(22(27)23(25)28)21(26)18-4-3-13-29-18/h3-14,20,27H,1-2H3. The molecule has 0 spiro atoms. The predicted octanol–water partition coefficient (Wildman–Crippen LogP) is 5.05. The summed E-state index contributed by atoms with van der Waals surface area (Å²) >= 11 is 1.28. The molecule has 0 saturated carbocycles. The van der Waals surface area contributed by atoms with E-state index in [1.807, 2.05) is 24.3 Å². The minimum Gasteiger partial charge on any atom is -0.503 e. The fourth-order valence-electron chi connectivity index (χ4n) is 3.52. The zero-order valence-electron chi connectivity index (χ0n) is 16.1. The highest BCUT2D eigenvalue weighted by molar-refractivity contribution is 7.12. The first-order chi connectivity index (χ1) is 14.0. The molecule has 4 rings (SSSR count). The van der Waals surface area contributed by atoms with Gasteiger partial charge < -0.3 is 5.11 Å². The summed E-state index contributed by atoms with van der Waals surface area (Å²) in [6, 6.07) is 13.9. The highest BCUT2D eigenvalue weighted by atomic mass is 32.1. The van der Waals surface area contributed by atoms with Crippen LogP contribution in [0.5, 0.6) is 0 Å². The molecule has 0 radical (unpaired) electrons. The largest absolute Gasteiger partial charge is 0.503 e. The number of aliphatic hydroxyl groups excluding tert-OH is 1. The molecule has 3 heterocycles. The number of Topliss-reactive ketones (excluding diaryl/α,β-unsaturated/α-hetero) is 1. The van der Waals surface area contributed by atoms with Crippen molar-refractivity contribution >= 4 is 28.7 Å². The molecule has 1 amide bonds. The number of aromatic nitrogens is 1. The highest BCUT2D eigenvalue weighted by Gasteiger charge is 2.44. The third-order valence-electron chi connectivity index (χ3n) is 5.06. The zero-order valence-corrected chi connectivity index (χ0v) is 16.9. The van der Waals surface area contributed by atoms with E-state index in [4.69, 9.17) is 0 Å². The quantitative estimate of drug-likeness (QED) is 0.604. The number of pyridine rings is 1. The van der Waals surface area contributed by atoms with Crippen LogP contribution in [0, 0.1) is 0 Å². The van der Waals surface area contributed by atoms with Crippen molar-refractivity contribution in [3.8, 4) is 0 Å². The Morgan fingerprint density at radius 3 is 2.38 bits per heavy atom. The molecule has 1 N–H and O–H groups in total. The third-order valence-corrected chi connectivity index (χ3v) is 5.93. The zero-order chi connectivity index (χ0) is 20.5. The summed E-state index contributed by atoms with van der Waals surface area (Å²) in [4.78, 5) is 32.2. The molecule has 1 unspecified atom stereocenters. The van der Waals surface area contributed by atoms with Gasteiger partial charge in [-0.15, -0.1) is 11.3 Å². The molecular weight excluding hydrogens is 384 g/mol. The Hall–Kier alpha value is -3.25. The summed E-state index contributed by atoms with van der Waals surface area (Å²) in [5.41, 5.74) is 2.58. The van der Waals surface area contributed by atoms with E-state index < -0.39 is 17.7 Å². The Morgan fingerprint density at radius 1 is 1.10 bits per heavy atom. The van der Waals surface area contributed by atoms with Gasteiger partial charge in [-0.3, -0.25) is 19.5 Å². The predicted molar refractivity (Wildman–Crippen MR) is 113 cm³/mol. The monoisotopic (exact) mass is 404 g/mol. The van der Waals surface area contributed by atoms with Crippen LogP contribution in [0.2, 0.25) is 0 Å². The van der Waals surface area contributed by atoms with Gasteiger partial charge in [0.2, 0.25) is 5.78 Å². The van der Waals surface area contributed by atoms with E-state index >= 15 is 0 Å². The van der Waals surface area contributed by atoms with Crippen molar-refractivity contribution in [2.45, 2.75) is 25.8 Å². The van der Waals surface area contributed by atoms with Crippen LogP contribution in [-0.2, 0) is 4.79 Å². The smallest absolute Gasteiger partial charge is 0.294 e. The molecule has 1 aromatic carbocycles. The van der Waals surface area contributed by atoms with E-state index in [1.54, 1.807) is 42.0 Å². The van der Waals surface area contributed by atoms with Crippen molar-refractivity contribution in [3.05, 3.63) is 93.6 Å². The van der Waals surface area contributed by atoms with Gasteiger partial charge in [-0.2, -0.15) is 0 Å². The van der Waals surface area contributed by atoms with E-state index in [-0.39, 0.29) is 11.4 Å². The SMILES string of the molecule is CC(C)c1ccc(N2C(=O)C(O)=C(C(=O)c3cccs3)C2c2ccncc2)cc1. The average molecular weight is 404 g/mol. The number of thiophene rings is 1. The summed E-state index contributed by atoms with van der Waals surface area (Å²) < 4.78 is 0. The lowest BCUT2D eigenvalue weighted by atomic mass is 9.95. The fraction of sp³-hybridized carbons (Fsp3) is 0.174. The van der Waals surface area contributed by atoms with E-state index in [0.717, 1.165) is 5.56 Å². The Morgan fingerprint density at radius 2 is 1.79 bits per heavy atom. The maximum Gasteiger partial charge on any atom is 0.294 e. The van der Waals surface area contributed by atoms with Crippen LogP contribution in [0.3, 0.4) is 0 Å². The number of amides is 1. The van der Waals surface area contributed by atoms with Gasteiger partial charge in [0.15, 0.2) is 5.76 Å². The first-order valence-corrected chi connectivity index (χ1v) is 10.2. The number of hydrogen-bond donors (Lipinski definition) is 1. The number of carbonyl (C=O) groups excluding carboxylic acids is 2. The number of nitrogens with zero attached hydrogens (tertiary/aromatic N) is 2. The maximum atomic E-state index is 13.2. The summed E-state index contributed by atoms with van der Waals surface area (Å²) in [7, 11) is 0. The van der Waals surface area contributed by atoms with Crippen LogP contribution in [-0.4, -0.2) is 21.8 Å².